The Morgan fingerprint density at radius 3 is 2.44 bits per heavy atom. The molecule has 0 radical (unpaired) electrons. The fourth-order valence-corrected chi connectivity index (χ4v) is 1.81. The van der Waals surface area contributed by atoms with Gasteiger partial charge in [0.15, 0.2) is 0 Å². The number of carbonyl (C=O) groups is 3. The van der Waals surface area contributed by atoms with Crippen LogP contribution in [-0.4, -0.2) is 47.5 Å². The molecule has 4 N–H and O–H groups in total. The molecule has 1 aliphatic rings. The number of rotatable bonds is 6. The highest BCUT2D eigenvalue weighted by Crippen LogP contribution is 2.26. The Balaban J connectivity index is 2.43. The molecule has 1 atom stereocenters. The van der Waals surface area contributed by atoms with E-state index in [1.54, 1.807) is 7.05 Å². The zero-order valence-corrected chi connectivity index (χ0v) is 10.4. The van der Waals surface area contributed by atoms with Crippen LogP contribution >= 0.6 is 0 Å². The number of primary amides is 1. The maximum absolute atomic E-state index is 11.7. The van der Waals surface area contributed by atoms with Gasteiger partial charge in [0, 0.05) is 13.6 Å². The van der Waals surface area contributed by atoms with Gasteiger partial charge in [-0.25, -0.2) is 9.59 Å². The molecule has 0 aromatic carbocycles. The molecule has 0 spiro atoms. The number of amides is 3. The molecule has 1 rings (SSSR count). The molecular weight excluding hydrogens is 238 g/mol. The summed E-state index contributed by atoms with van der Waals surface area (Å²) in [5.41, 5.74) is 4.93. The molecule has 0 saturated heterocycles. The molecule has 7 heteroatoms. The van der Waals surface area contributed by atoms with Gasteiger partial charge in [0.1, 0.15) is 6.04 Å². The lowest BCUT2D eigenvalue weighted by atomic mass is 9.85. The van der Waals surface area contributed by atoms with Gasteiger partial charge in [-0.1, -0.05) is 6.42 Å². The van der Waals surface area contributed by atoms with Gasteiger partial charge < -0.3 is 21.1 Å². The molecule has 3 amide bonds. The number of nitrogens with one attached hydrogen (secondary N) is 1. The van der Waals surface area contributed by atoms with Crippen LogP contribution in [0.5, 0.6) is 0 Å². The highest BCUT2D eigenvalue weighted by Gasteiger charge is 2.26. The first kappa shape index (κ1) is 14.3. The fourth-order valence-electron chi connectivity index (χ4n) is 1.81. The summed E-state index contributed by atoms with van der Waals surface area (Å²) in [5.74, 6) is -1.52. The first-order valence-corrected chi connectivity index (χ1v) is 5.93. The zero-order chi connectivity index (χ0) is 13.7. The lowest BCUT2D eigenvalue weighted by Gasteiger charge is -2.30. The van der Waals surface area contributed by atoms with Crippen LogP contribution in [0.25, 0.3) is 0 Å². The molecular formula is C11H19N3O4. The minimum absolute atomic E-state index is 0.404. The van der Waals surface area contributed by atoms with Crippen molar-refractivity contribution in [2.24, 2.45) is 11.7 Å². The SMILES string of the molecule is CN(CC1CCC1)C(=O)N[C@H](CC(N)=O)C(=O)O. The third-order valence-electron chi connectivity index (χ3n) is 3.10. The maximum Gasteiger partial charge on any atom is 0.326 e. The Labute approximate surface area is 105 Å². The number of hydrogen-bond donors (Lipinski definition) is 3. The van der Waals surface area contributed by atoms with Gasteiger partial charge in [0.2, 0.25) is 5.91 Å². The van der Waals surface area contributed by atoms with E-state index >= 15 is 0 Å². The number of carboxylic acids is 1. The molecule has 1 aliphatic carbocycles. The van der Waals surface area contributed by atoms with Gasteiger partial charge in [-0.2, -0.15) is 0 Å². The van der Waals surface area contributed by atoms with Crippen molar-refractivity contribution in [1.82, 2.24) is 10.2 Å². The van der Waals surface area contributed by atoms with Crippen molar-refractivity contribution in [2.45, 2.75) is 31.7 Å². The first-order valence-electron chi connectivity index (χ1n) is 5.93. The van der Waals surface area contributed by atoms with E-state index in [1.807, 2.05) is 0 Å². The smallest absolute Gasteiger partial charge is 0.326 e. The van der Waals surface area contributed by atoms with Gasteiger partial charge in [-0.15, -0.1) is 0 Å². The van der Waals surface area contributed by atoms with Crippen molar-refractivity contribution >= 4 is 17.9 Å². The van der Waals surface area contributed by atoms with E-state index in [0.717, 1.165) is 12.8 Å². The topological polar surface area (TPSA) is 113 Å². The Hall–Kier alpha value is -1.79. The summed E-state index contributed by atoms with van der Waals surface area (Å²) in [6.07, 6.45) is 2.97. The van der Waals surface area contributed by atoms with E-state index in [-0.39, 0.29) is 0 Å². The third kappa shape index (κ3) is 4.23. The van der Waals surface area contributed by atoms with E-state index in [9.17, 15) is 14.4 Å². The summed E-state index contributed by atoms with van der Waals surface area (Å²) in [6.45, 7) is 0.606. The van der Waals surface area contributed by atoms with Crippen molar-refractivity contribution in [1.29, 1.82) is 0 Å². The highest BCUT2D eigenvalue weighted by molar-refractivity contribution is 5.87. The van der Waals surface area contributed by atoms with Gasteiger partial charge >= 0.3 is 12.0 Å². The number of hydrogen-bond acceptors (Lipinski definition) is 3. The summed E-state index contributed by atoms with van der Waals surface area (Å²) in [5, 5.41) is 11.1. The molecule has 0 heterocycles. The molecule has 0 aromatic rings. The Bertz CT molecular complexity index is 341. The summed E-state index contributed by atoms with van der Waals surface area (Å²) in [7, 11) is 1.61. The van der Waals surface area contributed by atoms with Crippen LogP contribution in [0, 0.1) is 5.92 Å². The second kappa shape index (κ2) is 6.23. The van der Waals surface area contributed by atoms with Crippen molar-refractivity contribution in [3.05, 3.63) is 0 Å². The minimum Gasteiger partial charge on any atom is -0.480 e. The van der Waals surface area contributed by atoms with E-state index in [4.69, 9.17) is 10.8 Å². The Kier molecular flexibility index (Phi) is 4.94. The lowest BCUT2D eigenvalue weighted by Crippen LogP contribution is -2.49. The molecule has 7 nitrogen and oxygen atoms in total. The molecule has 0 aromatic heterocycles. The van der Waals surface area contributed by atoms with E-state index in [2.05, 4.69) is 5.32 Å². The monoisotopic (exact) mass is 257 g/mol. The van der Waals surface area contributed by atoms with Crippen molar-refractivity contribution in [3.63, 3.8) is 0 Å². The first-order chi connectivity index (χ1) is 8.40. The quantitative estimate of drug-likeness (QED) is 0.609. The van der Waals surface area contributed by atoms with Gasteiger partial charge in [-0.3, -0.25) is 4.79 Å². The second-order valence-electron chi connectivity index (χ2n) is 4.69. The summed E-state index contributed by atoms with van der Waals surface area (Å²) in [4.78, 5) is 34.7. The molecule has 102 valence electrons. The number of nitrogens with two attached hydrogens (primary N) is 1. The zero-order valence-electron chi connectivity index (χ0n) is 10.4. The predicted octanol–water partition coefficient (Wildman–Crippen LogP) is -0.243. The molecule has 0 aliphatic heterocycles. The molecule has 18 heavy (non-hydrogen) atoms. The average molecular weight is 257 g/mol. The van der Waals surface area contributed by atoms with Crippen molar-refractivity contribution < 1.29 is 19.5 Å². The van der Waals surface area contributed by atoms with Crippen LogP contribution < -0.4 is 11.1 Å². The highest BCUT2D eigenvalue weighted by atomic mass is 16.4. The normalized spacial score (nSPS) is 16.5. The molecule has 0 unspecified atom stereocenters. The minimum atomic E-state index is -1.26. The van der Waals surface area contributed by atoms with E-state index in [1.165, 1.54) is 11.3 Å². The number of carbonyl (C=O) groups excluding carboxylic acids is 2. The number of aliphatic carboxylic acids is 1. The number of carboxylic acid groups (broad SMARTS) is 1. The summed E-state index contributed by atoms with van der Waals surface area (Å²) >= 11 is 0. The summed E-state index contributed by atoms with van der Waals surface area (Å²) < 4.78 is 0. The molecule has 0 bridgehead atoms. The van der Waals surface area contributed by atoms with Crippen LogP contribution in [0.1, 0.15) is 25.7 Å². The number of nitrogens with zero attached hydrogens (tertiary/aromatic N) is 1. The lowest BCUT2D eigenvalue weighted by molar-refractivity contribution is -0.140. The van der Waals surface area contributed by atoms with Gasteiger partial charge in [0.05, 0.1) is 6.42 Å². The average Bonchev–Trinajstić information content (AvgIpc) is 2.21. The van der Waals surface area contributed by atoms with Crippen LogP contribution in [-0.2, 0) is 9.59 Å². The predicted molar refractivity (Wildman–Crippen MR) is 63.7 cm³/mol. The molecule has 1 fully saturated rings. The second-order valence-corrected chi connectivity index (χ2v) is 4.69. The maximum atomic E-state index is 11.7. The van der Waals surface area contributed by atoms with Crippen molar-refractivity contribution in [2.75, 3.05) is 13.6 Å². The van der Waals surface area contributed by atoms with Crippen LogP contribution in [0.3, 0.4) is 0 Å². The van der Waals surface area contributed by atoms with E-state index < -0.39 is 30.4 Å². The Morgan fingerprint density at radius 1 is 1.44 bits per heavy atom. The largest absolute Gasteiger partial charge is 0.480 e. The van der Waals surface area contributed by atoms with Gasteiger partial charge in [0.25, 0.3) is 0 Å². The Morgan fingerprint density at radius 2 is 2.06 bits per heavy atom. The summed E-state index contributed by atoms with van der Waals surface area (Å²) in [6, 6.07) is -1.76. The van der Waals surface area contributed by atoms with E-state index in [0.29, 0.717) is 12.5 Å². The van der Waals surface area contributed by atoms with Crippen LogP contribution in [0.2, 0.25) is 0 Å². The van der Waals surface area contributed by atoms with Crippen LogP contribution in [0.4, 0.5) is 4.79 Å². The fraction of sp³-hybridized carbons (Fsp3) is 0.727. The standard InChI is InChI=1S/C11H19N3O4/c1-14(6-7-3-2-4-7)11(18)13-8(10(16)17)5-9(12)15/h7-8H,2-6H2,1H3,(H2,12,15)(H,13,18)(H,16,17)/t8-/m1/s1. The molecule has 1 saturated carbocycles. The van der Waals surface area contributed by atoms with Crippen molar-refractivity contribution in [3.8, 4) is 0 Å². The van der Waals surface area contributed by atoms with Crippen LogP contribution in [0.15, 0.2) is 0 Å². The van der Waals surface area contributed by atoms with Gasteiger partial charge in [-0.05, 0) is 18.8 Å². The number of urea groups is 1. The third-order valence-corrected chi connectivity index (χ3v) is 3.10.